The summed E-state index contributed by atoms with van der Waals surface area (Å²) in [4.78, 5) is 28.6. The molecule has 0 radical (unpaired) electrons. The Bertz CT molecular complexity index is 1080. The molecule has 2 N–H and O–H groups in total. The molecule has 3 rings (SSSR count). The van der Waals surface area contributed by atoms with Crippen molar-refractivity contribution in [1.29, 1.82) is 0 Å². The molecule has 1 saturated heterocycles. The molecule has 0 aromatic heterocycles. The number of carbonyl (C=O) groups excluding carboxylic acids is 2. The van der Waals surface area contributed by atoms with Gasteiger partial charge in [-0.05, 0) is 55.6 Å². The molecule has 1 aliphatic rings. The standard InChI is InChI=1S/C23H31N5O5S/c1-26(2)34(31,32)21-10-6-19(7-11-21)25-23(30)17-27(3)16-22(29)24-18-4-8-20(9-5-18)28-12-14-33-15-13-28/h4-11H,12-17H2,1-3H3,(H,24,29)(H,25,30). The molecule has 10 nitrogen and oxygen atoms in total. The van der Waals surface area contributed by atoms with Crippen LogP contribution in [0.3, 0.4) is 0 Å². The van der Waals surface area contributed by atoms with Crippen LogP contribution in [0.5, 0.6) is 0 Å². The second-order valence-corrected chi connectivity index (χ2v) is 10.4. The molecule has 0 atom stereocenters. The van der Waals surface area contributed by atoms with Crippen LogP contribution < -0.4 is 15.5 Å². The van der Waals surface area contributed by atoms with Crippen LogP contribution >= 0.6 is 0 Å². The topological polar surface area (TPSA) is 111 Å². The molecule has 2 aromatic carbocycles. The number of morpholine rings is 1. The number of anilines is 3. The summed E-state index contributed by atoms with van der Waals surface area (Å²) in [6.45, 7) is 3.15. The summed E-state index contributed by atoms with van der Waals surface area (Å²) >= 11 is 0. The van der Waals surface area contributed by atoms with E-state index in [-0.39, 0.29) is 29.8 Å². The zero-order valence-corrected chi connectivity index (χ0v) is 20.5. The van der Waals surface area contributed by atoms with E-state index in [1.54, 1.807) is 11.9 Å². The van der Waals surface area contributed by atoms with Gasteiger partial charge in [0, 0.05) is 44.2 Å². The number of sulfonamides is 1. The van der Waals surface area contributed by atoms with Crippen molar-refractivity contribution in [1.82, 2.24) is 9.21 Å². The molecular formula is C23H31N5O5S. The van der Waals surface area contributed by atoms with Gasteiger partial charge in [0.1, 0.15) is 0 Å². The summed E-state index contributed by atoms with van der Waals surface area (Å²) in [5.74, 6) is -0.541. The first-order chi connectivity index (χ1) is 16.1. The van der Waals surface area contributed by atoms with Gasteiger partial charge in [0.15, 0.2) is 0 Å². The van der Waals surface area contributed by atoms with E-state index in [0.29, 0.717) is 24.6 Å². The summed E-state index contributed by atoms with van der Waals surface area (Å²) < 4.78 is 30.7. The summed E-state index contributed by atoms with van der Waals surface area (Å²) in [5.41, 5.74) is 2.25. The predicted octanol–water partition coefficient (Wildman–Crippen LogP) is 1.28. The maximum Gasteiger partial charge on any atom is 0.242 e. The van der Waals surface area contributed by atoms with Crippen molar-refractivity contribution in [3.8, 4) is 0 Å². The molecular weight excluding hydrogens is 458 g/mol. The molecule has 2 amide bonds. The number of rotatable bonds is 9. The summed E-state index contributed by atoms with van der Waals surface area (Å²) in [6, 6.07) is 13.6. The van der Waals surface area contributed by atoms with Gasteiger partial charge in [-0.15, -0.1) is 0 Å². The molecule has 184 valence electrons. The lowest BCUT2D eigenvalue weighted by Crippen LogP contribution is -2.36. The summed E-state index contributed by atoms with van der Waals surface area (Å²) in [5, 5.41) is 5.55. The van der Waals surface area contributed by atoms with Gasteiger partial charge >= 0.3 is 0 Å². The van der Waals surface area contributed by atoms with E-state index in [1.807, 2.05) is 24.3 Å². The number of nitrogens with zero attached hydrogens (tertiary/aromatic N) is 3. The van der Waals surface area contributed by atoms with E-state index in [1.165, 1.54) is 38.4 Å². The monoisotopic (exact) mass is 489 g/mol. The number of likely N-dealkylation sites (N-methyl/N-ethyl adjacent to an activating group) is 1. The Labute approximate surface area is 200 Å². The molecule has 0 unspecified atom stereocenters. The average molecular weight is 490 g/mol. The molecule has 34 heavy (non-hydrogen) atoms. The van der Waals surface area contributed by atoms with Crippen molar-refractivity contribution >= 4 is 38.9 Å². The minimum absolute atomic E-state index is 0.00113. The molecule has 0 bridgehead atoms. The third-order valence-corrected chi connectivity index (χ3v) is 7.10. The third kappa shape index (κ3) is 7.00. The molecule has 2 aromatic rings. The van der Waals surface area contributed by atoms with Crippen LogP contribution in [0.2, 0.25) is 0 Å². The summed E-state index contributed by atoms with van der Waals surface area (Å²) in [6.07, 6.45) is 0. The number of nitrogens with one attached hydrogen (secondary N) is 2. The fourth-order valence-corrected chi connectivity index (χ4v) is 4.35. The normalized spacial score (nSPS) is 14.3. The quantitative estimate of drug-likeness (QED) is 0.546. The lowest BCUT2D eigenvalue weighted by molar-refractivity contribution is -0.119. The lowest BCUT2D eigenvalue weighted by Gasteiger charge is -2.28. The van der Waals surface area contributed by atoms with Crippen molar-refractivity contribution < 1.29 is 22.7 Å². The minimum atomic E-state index is -3.53. The van der Waals surface area contributed by atoms with Crippen LogP contribution in [0, 0.1) is 0 Å². The second kappa shape index (κ2) is 11.4. The summed E-state index contributed by atoms with van der Waals surface area (Å²) in [7, 11) is 1.06. The predicted molar refractivity (Wildman–Crippen MR) is 132 cm³/mol. The van der Waals surface area contributed by atoms with Gasteiger partial charge in [0.05, 0.1) is 31.2 Å². The van der Waals surface area contributed by atoms with Gasteiger partial charge in [-0.2, -0.15) is 0 Å². The maximum atomic E-state index is 12.4. The number of amides is 2. The number of ether oxygens (including phenoxy) is 1. The fraction of sp³-hybridized carbons (Fsp3) is 0.391. The average Bonchev–Trinajstić information content (AvgIpc) is 2.80. The van der Waals surface area contributed by atoms with Crippen LogP contribution in [0.15, 0.2) is 53.4 Å². The van der Waals surface area contributed by atoms with Crippen LogP contribution in [-0.2, 0) is 24.3 Å². The zero-order chi connectivity index (χ0) is 24.7. The molecule has 1 fully saturated rings. The Kier molecular flexibility index (Phi) is 8.61. The molecule has 0 spiro atoms. The SMILES string of the molecule is CN(CC(=O)Nc1ccc(N2CCOCC2)cc1)CC(=O)Nc1ccc(S(=O)(=O)N(C)C)cc1. The Morgan fingerprint density at radius 1 is 0.853 bits per heavy atom. The van der Waals surface area contributed by atoms with Gasteiger partial charge in [-0.3, -0.25) is 14.5 Å². The van der Waals surface area contributed by atoms with Gasteiger partial charge in [0.25, 0.3) is 0 Å². The first-order valence-electron chi connectivity index (χ1n) is 10.9. The fourth-order valence-electron chi connectivity index (χ4n) is 3.45. The first kappa shape index (κ1) is 25.6. The minimum Gasteiger partial charge on any atom is -0.378 e. The third-order valence-electron chi connectivity index (χ3n) is 5.27. The molecule has 0 saturated carbocycles. The number of benzene rings is 2. The van der Waals surface area contributed by atoms with Gasteiger partial charge in [0.2, 0.25) is 21.8 Å². The van der Waals surface area contributed by atoms with Crippen molar-refractivity contribution in [2.75, 3.05) is 76.1 Å². The highest BCUT2D eigenvalue weighted by atomic mass is 32.2. The van der Waals surface area contributed by atoms with Crippen molar-refractivity contribution in [3.63, 3.8) is 0 Å². The Morgan fingerprint density at radius 3 is 1.79 bits per heavy atom. The van der Waals surface area contributed by atoms with E-state index < -0.39 is 10.0 Å². The van der Waals surface area contributed by atoms with Crippen LogP contribution in [0.1, 0.15) is 0 Å². The lowest BCUT2D eigenvalue weighted by atomic mass is 10.2. The van der Waals surface area contributed by atoms with Crippen molar-refractivity contribution in [3.05, 3.63) is 48.5 Å². The van der Waals surface area contributed by atoms with Crippen LogP contribution in [0.25, 0.3) is 0 Å². The van der Waals surface area contributed by atoms with E-state index in [4.69, 9.17) is 4.74 Å². The van der Waals surface area contributed by atoms with Gasteiger partial charge in [-0.1, -0.05) is 0 Å². The zero-order valence-electron chi connectivity index (χ0n) is 19.7. The van der Waals surface area contributed by atoms with Crippen molar-refractivity contribution in [2.45, 2.75) is 4.90 Å². The molecule has 1 aliphatic heterocycles. The molecule has 1 heterocycles. The van der Waals surface area contributed by atoms with E-state index in [2.05, 4.69) is 15.5 Å². The molecule has 11 heteroatoms. The largest absolute Gasteiger partial charge is 0.378 e. The van der Waals surface area contributed by atoms with Crippen molar-refractivity contribution in [2.24, 2.45) is 0 Å². The second-order valence-electron chi connectivity index (χ2n) is 8.23. The first-order valence-corrected chi connectivity index (χ1v) is 12.3. The highest BCUT2D eigenvalue weighted by Crippen LogP contribution is 2.19. The Hall–Kier alpha value is -2.99. The number of carbonyl (C=O) groups is 2. The van der Waals surface area contributed by atoms with E-state index in [9.17, 15) is 18.0 Å². The van der Waals surface area contributed by atoms with Crippen LogP contribution in [-0.4, -0.2) is 90.0 Å². The number of hydrogen-bond acceptors (Lipinski definition) is 7. The molecule has 0 aliphatic carbocycles. The van der Waals surface area contributed by atoms with E-state index in [0.717, 1.165) is 23.1 Å². The Balaban J connectivity index is 1.45. The van der Waals surface area contributed by atoms with Gasteiger partial charge < -0.3 is 20.3 Å². The smallest absolute Gasteiger partial charge is 0.242 e. The maximum absolute atomic E-state index is 12.4. The number of hydrogen-bond donors (Lipinski definition) is 2. The van der Waals surface area contributed by atoms with E-state index >= 15 is 0 Å². The Morgan fingerprint density at radius 2 is 1.32 bits per heavy atom. The highest BCUT2D eigenvalue weighted by Gasteiger charge is 2.17. The van der Waals surface area contributed by atoms with Crippen LogP contribution in [0.4, 0.5) is 17.1 Å². The highest BCUT2D eigenvalue weighted by molar-refractivity contribution is 7.89. The van der Waals surface area contributed by atoms with Gasteiger partial charge in [-0.25, -0.2) is 12.7 Å².